The van der Waals surface area contributed by atoms with E-state index in [1.54, 1.807) is 7.05 Å². The van der Waals surface area contributed by atoms with Crippen LogP contribution >= 0.6 is 15.9 Å². The number of benzene rings is 1. The predicted octanol–water partition coefficient (Wildman–Crippen LogP) is 1.12. The Labute approximate surface area is 127 Å². The first kappa shape index (κ1) is 17.1. The molecule has 0 unspecified atom stereocenters. The maximum Gasteiger partial charge on any atom is 0.337 e. The van der Waals surface area contributed by atoms with Gasteiger partial charge in [-0.15, -0.1) is 0 Å². The van der Waals surface area contributed by atoms with Crippen LogP contribution in [0.15, 0.2) is 27.6 Å². The van der Waals surface area contributed by atoms with Crippen molar-refractivity contribution in [1.29, 1.82) is 0 Å². The van der Waals surface area contributed by atoms with Gasteiger partial charge in [0.05, 0.1) is 17.6 Å². The van der Waals surface area contributed by atoms with Crippen LogP contribution in [0.25, 0.3) is 0 Å². The molecule has 0 aliphatic rings. The third-order valence-electron chi connectivity index (χ3n) is 2.54. The number of halogens is 1. The van der Waals surface area contributed by atoms with Gasteiger partial charge in [0.1, 0.15) is 0 Å². The molecule has 112 valence electrons. The number of nitrogens with one attached hydrogen (secondary N) is 2. The second-order valence-corrected chi connectivity index (χ2v) is 6.58. The summed E-state index contributed by atoms with van der Waals surface area (Å²) in [5.41, 5.74) is 0.286. The Balaban J connectivity index is 2.88. The fraction of sp³-hybridized carbons (Fsp3) is 0.417. The van der Waals surface area contributed by atoms with Gasteiger partial charge in [0.2, 0.25) is 10.0 Å². The lowest BCUT2D eigenvalue weighted by Crippen LogP contribution is -2.27. The Morgan fingerprint density at radius 2 is 2.05 bits per heavy atom. The van der Waals surface area contributed by atoms with E-state index in [4.69, 9.17) is 0 Å². The third kappa shape index (κ3) is 4.55. The highest BCUT2D eigenvalue weighted by molar-refractivity contribution is 9.10. The molecule has 0 fully saturated rings. The maximum atomic E-state index is 12.1. The van der Waals surface area contributed by atoms with Crippen LogP contribution in [0.5, 0.6) is 0 Å². The zero-order valence-corrected chi connectivity index (χ0v) is 13.7. The van der Waals surface area contributed by atoms with E-state index in [0.29, 0.717) is 17.4 Å². The van der Waals surface area contributed by atoms with E-state index in [0.717, 1.165) is 6.54 Å². The van der Waals surface area contributed by atoms with Crippen LogP contribution in [0.1, 0.15) is 16.8 Å². The number of carbonyl (C=O) groups is 1. The van der Waals surface area contributed by atoms with E-state index in [1.807, 2.05) is 0 Å². The van der Waals surface area contributed by atoms with E-state index in [-0.39, 0.29) is 10.5 Å². The minimum absolute atomic E-state index is 0.0922. The van der Waals surface area contributed by atoms with Gasteiger partial charge in [-0.2, -0.15) is 0 Å². The largest absolute Gasteiger partial charge is 0.465 e. The number of ether oxygens (including phenoxy) is 1. The summed E-state index contributed by atoms with van der Waals surface area (Å²) in [6.07, 6.45) is 0.688. The highest BCUT2D eigenvalue weighted by Gasteiger charge is 2.18. The number of methoxy groups -OCH3 is 1. The van der Waals surface area contributed by atoms with Gasteiger partial charge in [-0.05, 0) is 54.1 Å². The van der Waals surface area contributed by atoms with E-state index >= 15 is 0 Å². The fourth-order valence-corrected chi connectivity index (χ4v) is 3.66. The van der Waals surface area contributed by atoms with E-state index in [1.165, 1.54) is 25.3 Å². The summed E-state index contributed by atoms with van der Waals surface area (Å²) in [7, 11) is -0.527. The predicted molar refractivity (Wildman–Crippen MR) is 79.2 cm³/mol. The molecule has 1 aromatic carbocycles. The van der Waals surface area contributed by atoms with Crippen LogP contribution in [-0.2, 0) is 14.8 Å². The topological polar surface area (TPSA) is 84.5 Å². The molecule has 0 aliphatic carbocycles. The highest BCUT2D eigenvalue weighted by atomic mass is 79.9. The standard InChI is InChI=1S/C12H17BrN2O4S/c1-14-6-3-7-15-20(17,18)11-5-4-9(8-10(11)13)12(16)19-2/h4-5,8,14-15H,3,6-7H2,1-2H3. The molecule has 0 bridgehead atoms. The molecular formula is C12H17BrN2O4S. The number of rotatable bonds is 7. The Kier molecular flexibility index (Phi) is 6.60. The molecule has 0 aromatic heterocycles. The minimum atomic E-state index is -3.60. The van der Waals surface area contributed by atoms with Crippen LogP contribution in [0.2, 0.25) is 0 Å². The Hall–Kier alpha value is -0.960. The van der Waals surface area contributed by atoms with Gasteiger partial charge in [0, 0.05) is 11.0 Å². The third-order valence-corrected chi connectivity index (χ3v) is 4.98. The molecule has 6 nitrogen and oxygen atoms in total. The molecule has 0 saturated heterocycles. The molecule has 20 heavy (non-hydrogen) atoms. The highest BCUT2D eigenvalue weighted by Crippen LogP contribution is 2.23. The van der Waals surface area contributed by atoms with Gasteiger partial charge in [0.15, 0.2) is 0 Å². The summed E-state index contributed by atoms with van der Waals surface area (Å²) in [6, 6.07) is 4.21. The zero-order valence-electron chi connectivity index (χ0n) is 11.3. The number of esters is 1. The summed E-state index contributed by atoms with van der Waals surface area (Å²) in [5, 5.41) is 2.94. The second-order valence-electron chi connectivity index (χ2n) is 3.99. The minimum Gasteiger partial charge on any atom is -0.465 e. The molecule has 1 aromatic rings. The Morgan fingerprint density at radius 1 is 1.35 bits per heavy atom. The van der Waals surface area contributed by atoms with Crippen molar-refractivity contribution in [2.24, 2.45) is 0 Å². The SMILES string of the molecule is CNCCCNS(=O)(=O)c1ccc(C(=O)OC)cc1Br. The first-order chi connectivity index (χ1) is 9.42. The molecule has 0 saturated carbocycles. The Bertz CT molecular complexity index is 575. The zero-order chi connectivity index (χ0) is 15.2. The van der Waals surface area contributed by atoms with Crippen molar-refractivity contribution in [3.8, 4) is 0 Å². The molecule has 0 heterocycles. The Morgan fingerprint density at radius 3 is 2.60 bits per heavy atom. The molecule has 1 rings (SSSR count). The lowest BCUT2D eigenvalue weighted by atomic mass is 10.2. The molecule has 0 atom stereocenters. The van der Waals surface area contributed by atoms with Crippen LogP contribution < -0.4 is 10.0 Å². The lowest BCUT2D eigenvalue weighted by Gasteiger charge is -2.09. The van der Waals surface area contributed by atoms with Crippen LogP contribution in [-0.4, -0.2) is 41.6 Å². The number of carbonyl (C=O) groups excluding carboxylic acids is 1. The molecule has 2 N–H and O–H groups in total. The van der Waals surface area contributed by atoms with Crippen molar-refractivity contribution in [3.63, 3.8) is 0 Å². The fourth-order valence-electron chi connectivity index (χ4n) is 1.51. The molecule has 8 heteroatoms. The van der Waals surface area contributed by atoms with Crippen molar-refractivity contribution in [2.75, 3.05) is 27.2 Å². The van der Waals surface area contributed by atoms with Gasteiger partial charge in [-0.1, -0.05) is 0 Å². The van der Waals surface area contributed by atoms with Crippen LogP contribution in [0.3, 0.4) is 0 Å². The quantitative estimate of drug-likeness (QED) is 0.559. The van der Waals surface area contributed by atoms with Gasteiger partial charge >= 0.3 is 5.97 Å². The molecule has 0 radical (unpaired) electrons. The van der Waals surface area contributed by atoms with Gasteiger partial charge in [0.25, 0.3) is 0 Å². The molecular weight excluding hydrogens is 348 g/mol. The van der Waals surface area contributed by atoms with E-state index < -0.39 is 16.0 Å². The second kappa shape index (κ2) is 7.72. The summed E-state index contributed by atoms with van der Waals surface area (Å²) in [4.78, 5) is 11.4. The number of hydrogen-bond donors (Lipinski definition) is 2. The molecule has 0 amide bonds. The smallest absolute Gasteiger partial charge is 0.337 e. The van der Waals surface area contributed by atoms with Crippen molar-refractivity contribution < 1.29 is 17.9 Å². The summed E-state index contributed by atoms with van der Waals surface area (Å²) in [5.74, 6) is -0.517. The maximum absolute atomic E-state index is 12.1. The monoisotopic (exact) mass is 364 g/mol. The summed E-state index contributed by atoms with van der Waals surface area (Å²) < 4.78 is 31.6. The number of sulfonamides is 1. The summed E-state index contributed by atoms with van der Waals surface area (Å²) in [6.45, 7) is 1.07. The van der Waals surface area contributed by atoms with Gasteiger partial charge in [-0.25, -0.2) is 17.9 Å². The average molecular weight is 365 g/mol. The van der Waals surface area contributed by atoms with Crippen molar-refractivity contribution in [3.05, 3.63) is 28.2 Å². The molecule has 0 spiro atoms. The van der Waals surface area contributed by atoms with Crippen LogP contribution in [0, 0.1) is 0 Å². The van der Waals surface area contributed by atoms with Gasteiger partial charge < -0.3 is 10.1 Å². The first-order valence-corrected chi connectivity index (χ1v) is 8.22. The number of hydrogen-bond acceptors (Lipinski definition) is 5. The van der Waals surface area contributed by atoms with E-state index in [9.17, 15) is 13.2 Å². The average Bonchev–Trinajstić information content (AvgIpc) is 2.42. The van der Waals surface area contributed by atoms with Gasteiger partial charge in [-0.3, -0.25) is 0 Å². The van der Waals surface area contributed by atoms with E-state index in [2.05, 4.69) is 30.7 Å². The normalized spacial score (nSPS) is 11.3. The molecule has 0 aliphatic heterocycles. The van der Waals surface area contributed by atoms with Crippen LogP contribution in [0.4, 0.5) is 0 Å². The van der Waals surface area contributed by atoms with Crippen molar-refractivity contribution >= 4 is 31.9 Å². The van der Waals surface area contributed by atoms with Crippen molar-refractivity contribution in [2.45, 2.75) is 11.3 Å². The van der Waals surface area contributed by atoms with Crippen molar-refractivity contribution in [1.82, 2.24) is 10.0 Å². The summed E-state index contributed by atoms with van der Waals surface area (Å²) >= 11 is 3.16. The first-order valence-electron chi connectivity index (χ1n) is 5.94. The lowest BCUT2D eigenvalue weighted by molar-refractivity contribution is 0.0600.